The Bertz CT molecular complexity index is 1090. The molecule has 148 valence electrons. The molecule has 2 aromatic rings. The van der Waals surface area contributed by atoms with E-state index in [1.165, 1.54) is 11.8 Å². The van der Waals surface area contributed by atoms with Gasteiger partial charge < -0.3 is 4.90 Å². The minimum Gasteiger partial charge on any atom is -0.351 e. The first-order chi connectivity index (χ1) is 14.0. The zero-order chi connectivity index (χ0) is 20.4. The Morgan fingerprint density at radius 2 is 1.93 bits per heavy atom. The lowest BCUT2D eigenvalue weighted by Gasteiger charge is -2.37. The molecule has 1 aromatic heterocycles. The Balaban J connectivity index is 1.71. The van der Waals surface area contributed by atoms with Gasteiger partial charge in [0.1, 0.15) is 6.04 Å². The number of hydrogen-bond acceptors (Lipinski definition) is 5. The molecular formula is C23H23N3O3. The van der Waals surface area contributed by atoms with Gasteiger partial charge in [-0.3, -0.25) is 24.3 Å². The number of anilines is 1. The highest BCUT2D eigenvalue weighted by Crippen LogP contribution is 2.50. The zero-order valence-electron chi connectivity index (χ0n) is 16.7. The summed E-state index contributed by atoms with van der Waals surface area (Å²) in [6.07, 6.45) is 6.40. The molecule has 2 fully saturated rings. The highest BCUT2D eigenvalue weighted by atomic mass is 16.2. The summed E-state index contributed by atoms with van der Waals surface area (Å²) in [7, 11) is 0. The smallest absolute Gasteiger partial charge is 0.235 e. The second kappa shape index (κ2) is 6.24. The summed E-state index contributed by atoms with van der Waals surface area (Å²) < 4.78 is 0. The van der Waals surface area contributed by atoms with Crippen molar-refractivity contribution >= 4 is 40.3 Å². The molecule has 0 radical (unpaired) electrons. The summed E-state index contributed by atoms with van der Waals surface area (Å²) in [6.45, 7) is 5.37. The molecule has 0 saturated carbocycles. The summed E-state index contributed by atoms with van der Waals surface area (Å²) >= 11 is 0. The minimum atomic E-state index is -0.660. The van der Waals surface area contributed by atoms with Gasteiger partial charge in [0.25, 0.3) is 0 Å². The summed E-state index contributed by atoms with van der Waals surface area (Å²) in [4.78, 5) is 47.4. The van der Waals surface area contributed by atoms with E-state index in [1.54, 1.807) is 6.20 Å². The van der Waals surface area contributed by atoms with Crippen LogP contribution in [0, 0.1) is 11.8 Å². The lowest BCUT2D eigenvalue weighted by atomic mass is 9.88. The van der Waals surface area contributed by atoms with Gasteiger partial charge in [0.2, 0.25) is 11.8 Å². The molecule has 3 aliphatic heterocycles. The van der Waals surface area contributed by atoms with Gasteiger partial charge in [-0.05, 0) is 31.9 Å². The number of nitrogens with zero attached hydrogens (tertiary/aromatic N) is 3. The van der Waals surface area contributed by atoms with E-state index in [0.717, 1.165) is 22.2 Å². The summed E-state index contributed by atoms with van der Waals surface area (Å²) in [5, 5.41) is 0.971. The van der Waals surface area contributed by atoms with Crippen molar-refractivity contribution in [2.75, 3.05) is 4.90 Å². The number of Topliss-reactive ketones (excluding diaryl/α,β-unsaturated/α-hetero) is 1. The van der Waals surface area contributed by atoms with Gasteiger partial charge in [-0.1, -0.05) is 37.3 Å². The highest BCUT2D eigenvalue weighted by Gasteiger charge is 2.64. The second-order valence-corrected chi connectivity index (χ2v) is 8.25. The van der Waals surface area contributed by atoms with Crippen molar-refractivity contribution in [2.24, 2.45) is 11.8 Å². The van der Waals surface area contributed by atoms with E-state index in [0.29, 0.717) is 6.42 Å². The van der Waals surface area contributed by atoms with Gasteiger partial charge in [0.15, 0.2) is 5.78 Å². The maximum absolute atomic E-state index is 13.3. The Hall–Kier alpha value is -3.02. The minimum absolute atomic E-state index is 0.0937. The molecule has 6 nitrogen and oxygen atoms in total. The number of rotatable bonds is 3. The van der Waals surface area contributed by atoms with E-state index in [-0.39, 0.29) is 29.7 Å². The molecule has 0 bridgehead atoms. The maximum atomic E-state index is 13.3. The van der Waals surface area contributed by atoms with E-state index >= 15 is 0 Å². The van der Waals surface area contributed by atoms with Crippen LogP contribution in [-0.4, -0.2) is 45.6 Å². The zero-order valence-corrected chi connectivity index (χ0v) is 16.7. The van der Waals surface area contributed by atoms with Crippen molar-refractivity contribution in [1.82, 2.24) is 9.88 Å². The monoisotopic (exact) mass is 389 g/mol. The Labute approximate surface area is 169 Å². The van der Waals surface area contributed by atoms with Crippen molar-refractivity contribution in [1.29, 1.82) is 0 Å². The molecule has 2 amide bonds. The third kappa shape index (κ3) is 2.29. The van der Waals surface area contributed by atoms with Gasteiger partial charge in [-0.25, -0.2) is 0 Å². The first-order valence-corrected chi connectivity index (χ1v) is 10.2. The average molecular weight is 389 g/mol. The fourth-order valence-electron chi connectivity index (χ4n) is 5.28. The van der Waals surface area contributed by atoms with Gasteiger partial charge in [-0.15, -0.1) is 0 Å². The maximum Gasteiger partial charge on any atom is 0.235 e. The molecule has 1 aromatic carbocycles. The van der Waals surface area contributed by atoms with Crippen LogP contribution < -0.4 is 4.90 Å². The van der Waals surface area contributed by atoms with Crippen molar-refractivity contribution in [2.45, 2.75) is 45.3 Å². The van der Waals surface area contributed by atoms with Crippen LogP contribution in [0.3, 0.4) is 0 Å². The molecule has 3 aliphatic rings. The van der Waals surface area contributed by atoms with Crippen LogP contribution in [0.1, 0.15) is 32.8 Å². The fraction of sp³-hybridized carbons (Fsp3) is 0.391. The number of fused-ring (bicyclic) bond motifs is 7. The highest BCUT2D eigenvalue weighted by molar-refractivity contribution is 6.12. The number of carbonyl (C=O) groups excluding carboxylic acids is 3. The number of pyridine rings is 1. The molecule has 4 heterocycles. The van der Waals surface area contributed by atoms with Crippen LogP contribution in [0.25, 0.3) is 17.0 Å². The predicted molar refractivity (Wildman–Crippen MR) is 110 cm³/mol. The lowest BCUT2D eigenvalue weighted by Crippen LogP contribution is -2.49. The molecule has 5 rings (SSSR count). The van der Waals surface area contributed by atoms with E-state index < -0.39 is 17.9 Å². The standard InChI is InChI=1S/C23H23N3O3/c1-4-12(2)25-22(28)17-16-10-9-15-8-7-14-6-5-11-24-19(14)21(15)26(16)20(13(3)27)18(17)23(25)29/h5-12,16-18,20H,4H2,1-3H3/t12-,16-,17-,18-,20-/m0/s1. The average Bonchev–Trinajstić information content (AvgIpc) is 3.20. The number of aromatic nitrogens is 1. The molecule has 0 spiro atoms. The van der Waals surface area contributed by atoms with Gasteiger partial charge >= 0.3 is 0 Å². The summed E-state index contributed by atoms with van der Waals surface area (Å²) in [6, 6.07) is 6.73. The third-order valence-electron chi connectivity index (χ3n) is 6.72. The molecule has 5 atom stereocenters. The molecule has 0 aliphatic carbocycles. The third-order valence-corrected chi connectivity index (χ3v) is 6.72. The van der Waals surface area contributed by atoms with Crippen molar-refractivity contribution in [3.8, 4) is 0 Å². The van der Waals surface area contributed by atoms with Crippen molar-refractivity contribution < 1.29 is 14.4 Å². The van der Waals surface area contributed by atoms with Gasteiger partial charge in [-0.2, -0.15) is 0 Å². The summed E-state index contributed by atoms with van der Waals surface area (Å²) in [5.41, 5.74) is 2.60. The van der Waals surface area contributed by atoms with Crippen molar-refractivity contribution in [3.63, 3.8) is 0 Å². The SMILES string of the molecule is CC[C@H](C)N1C(=O)[C@@H]2[C@H](C1=O)[C@H](C(C)=O)N1c3c(ccc4cccnc34)C=C[C@@H]21. The molecule has 0 N–H and O–H groups in total. The number of imide groups is 1. The van der Waals surface area contributed by atoms with Gasteiger partial charge in [0.05, 0.1) is 29.1 Å². The van der Waals surface area contributed by atoms with E-state index in [1.807, 2.05) is 55.2 Å². The van der Waals surface area contributed by atoms with Crippen LogP contribution in [-0.2, 0) is 14.4 Å². The number of likely N-dealkylation sites (tertiary alicyclic amines) is 1. The number of ketones is 1. The Morgan fingerprint density at radius 1 is 1.17 bits per heavy atom. The molecular weight excluding hydrogens is 366 g/mol. The fourth-order valence-corrected chi connectivity index (χ4v) is 5.28. The molecule has 0 unspecified atom stereocenters. The first kappa shape index (κ1) is 18.0. The predicted octanol–water partition coefficient (Wildman–Crippen LogP) is 2.81. The number of amides is 2. The first-order valence-electron chi connectivity index (χ1n) is 10.2. The Morgan fingerprint density at radius 3 is 2.66 bits per heavy atom. The van der Waals surface area contributed by atoms with Crippen LogP contribution in [0.15, 0.2) is 36.5 Å². The van der Waals surface area contributed by atoms with Crippen LogP contribution in [0.2, 0.25) is 0 Å². The normalized spacial score (nSPS) is 28.5. The summed E-state index contributed by atoms with van der Waals surface area (Å²) in [5.74, 6) is -1.65. The Kier molecular flexibility index (Phi) is 3.88. The largest absolute Gasteiger partial charge is 0.351 e. The number of benzene rings is 1. The number of carbonyl (C=O) groups is 3. The van der Waals surface area contributed by atoms with E-state index in [2.05, 4.69) is 4.98 Å². The van der Waals surface area contributed by atoms with Crippen molar-refractivity contribution in [3.05, 3.63) is 42.1 Å². The quantitative estimate of drug-likeness (QED) is 0.755. The molecule has 2 saturated heterocycles. The second-order valence-electron chi connectivity index (χ2n) is 8.25. The topological polar surface area (TPSA) is 70.6 Å². The lowest BCUT2D eigenvalue weighted by molar-refractivity contribution is -0.143. The van der Waals surface area contributed by atoms with Crippen LogP contribution in [0.5, 0.6) is 0 Å². The molecule has 29 heavy (non-hydrogen) atoms. The van der Waals surface area contributed by atoms with Gasteiger partial charge in [0, 0.05) is 17.6 Å². The molecule has 6 heteroatoms. The van der Waals surface area contributed by atoms with Crippen LogP contribution >= 0.6 is 0 Å². The van der Waals surface area contributed by atoms with E-state index in [9.17, 15) is 14.4 Å². The number of hydrogen-bond donors (Lipinski definition) is 0. The van der Waals surface area contributed by atoms with E-state index in [4.69, 9.17) is 0 Å². The van der Waals surface area contributed by atoms with Crippen LogP contribution in [0.4, 0.5) is 5.69 Å².